The molecule has 1 aliphatic carbocycles. The van der Waals surface area contributed by atoms with Crippen molar-refractivity contribution >= 4 is 5.82 Å². The molecule has 1 saturated carbocycles. The molecule has 1 aliphatic rings. The molecule has 1 fully saturated rings. The standard InChI is InChI=1S/C16H24N4O/c1-4-11-12(10-17)16(19-18-13(11)5-2)20(3)14-8-6-7-9-15(14)21/h14-15,21H,4-9H2,1-3H3. The number of nitrogens with zero attached hydrogens (tertiary/aromatic N) is 4. The number of rotatable bonds is 4. The van der Waals surface area contributed by atoms with Crippen molar-refractivity contribution in [2.75, 3.05) is 11.9 Å². The maximum absolute atomic E-state index is 10.2. The first-order chi connectivity index (χ1) is 10.1. The number of likely N-dealkylation sites (N-methyl/N-ethyl adjacent to an activating group) is 1. The van der Waals surface area contributed by atoms with E-state index >= 15 is 0 Å². The normalized spacial score (nSPS) is 21.9. The SMILES string of the molecule is CCc1nnc(N(C)C2CCCCC2O)c(C#N)c1CC. The third kappa shape index (κ3) is 3.01. The summed E-state index contributed by atoms with van der Waals surface area (Å²) in [5.74, 6) is 0.609. The van der Waals surface area contributed by atoms with Gasteiger partial charge < -0.3 is 10.0 Å². The molecule has 0 radical (unpaired) electrons. The van der Waals surface area contributed by atoms with Crippen LogP contribution in [-0.2, 0) is 12.8 Å². The monoisotopic (exact) mass is 288 g/mol. The van der Waals surface area contributed by atoms with Crippen LogP contribution in [0.5, 0.6) is 0 Å². The van der Waals surface area contributed by atoms with Gasteiger partial charge in [0.1, 0.15) is 11.6 Å². The first-order valence-corrected chi connectivity index (χ1v) is 7.83. The Morgan fingerprint density at radius 1 is 1.24 bits per heavy atom. The Labute approximate surface area is 126 Å². The molecule has 0 spiro atoms. The lowest BCUT2D eigenvalue weighted by molar-refractivity contribution is 0.106. The zero-order valence-corrected chi connectivity index (χ0v) is 13.1. The fourth-order valence-corrected chi connectivity index (χ4v) is 3.23. The molecule has 2 unspecified atom stereocenters. The highest BCUT2D eigenvalue weighted by Crippen LogP contribution is 2.29. The summed E-state index contributed by atoms with van der Waals surface area (Å²) in [6.45, 7) is 4.06. The number of aliphatic hydroxyl groups excluding tert-OH is 1. The molecule has 5 nitrogen and oxygen atoms in total. The second kappa shape index (κ2) is 6.86. The minimum Gasteiger partial charge on any atom is -0.391 e. The van der Waals surface area contributed by atoms with E-state index < -0.39 is 0 Å². The molecule has 21 heavy (non-hydrogen) atoms. The van der Waals surface area contributed by atoms with Gasteiger partial charge in [0.15, 0.2) is 5.82 Å². The Bertz CT molecular complexity index is 538. The van der Waals surface area contributed by atoms with Gasteiger partial charge in [0.25, 0.3) is 0 Å². The topological polar surface area (TPSA) is 73.0 Å². The minimum absolute atomic E-state index is 0.0253. The van der Waals surface area contributed by atoms with E-state index in [0.717, 1.165) is 49.8 Å². The van der Waals surface area contributed by atoms with Crippen LogP contribution in [0.2, 0.25) is 0 Å². The van der Waals surface area contributed by atoms with Crippen LogP contribution in [0, 0.1) is 11.3 Å². The molecule has 1 aromatic heterocycles. The second-order valence-corrected chi connectivity index (χ2v) is 5.67. The zero-order valence-electron chi connectivity index (χ0n) is 13.1. The van der Waals surface area contributed by atoms with E-state index in [2.05, 4.69) is 16.3 Å². The maximum Gasteiger partial charge on any atom is 0.169 e. The maximum atomic E-state index is 10.2. The molecule has 5 heteroatoms. The van der Waals surface area contributed by atoms with Gasteiger partial charge in [-0.1, -0.05) is 26.7 Å². The van der Waals surface area contributed by atoms with Gasteiger partial charge in [-0.2, -0.15) is 10.4 Å². The summed E-state index contributed by atoms with van der Waals surface area (Å²) in [5.41, 5.74) is 2.50. The number of aliphatic hydroxyl groups is 1. The predicted molar refractivity (Wildman–Crippen MR) is 82.2 cm³/mol. The third-order valence-electron chi connectivity index (χ3n) is 4.46. The van der Waals surface area contributed by atoms with Gasteiger partial charge in [-0.05, 0) is 31.2 Å². The highest BCUT2D eigenvalue weighted by Gasteiger charge is 2.29. The molecular formula is C16H24N4O. The smallest absolute Gasteiger partial charge is 0.169 e. The number of nitriles is 1. The van der Waals surface area contributed by atoms with E-state index in [9.17, 15) is 10.4 Å². The first-order valence-electron chi connectivity index (χ1n) is 7.83. The quantitative estimate of drug-likeness (QED) is 0.919. The molecule has 114 valence electrons. The summed E-state index contributed by atoms with van der Waals surface area (Å²) < 4.78 is 0. The average Bonchev–Trinajstić information content (AvgIpc) is 2.52. The number of aromatic nitrogens is 2. The van der Waals surface area contributed by atoms with Crippen molar-refractivity contribution < 1.29 is 5.11 Å². The Morgan fingerprint density at radius 3 is 2.52 bits per heavy atom. The van der Waals surface area contributed by atoms with E-state index in [1.807, 2.05) is 25.8 Å². The number of hydrogen-bond acceptors (Lipinski definition) is 5. The van der Waals surface area contributed by atoms with Crippen molar-refractivity contribution in [3.63, 3.8) is 0 Å². The van der Waals surface area contributed by atoms with Crippen LogP contribution in [0.4, 0.5) is 5.82 Å². The van der Waals surface area contributed by atoms with Crippen LogP contribution in [0.25, 0.3) is 0 Å². The van der Waals surface area contributed by atoms with Crippen LogP contribution in [0.1, 0.15) is 56.4 Å². The molecule has 1 N–H and O–H groups in total. The van der Waals surface area contributed by atoms with Crippen LogP contribution in [-0.4, -0.2) is 34.5 Å². The average molecular weight is 288 g/mol. The summed E-state index contributed by atoms with van der Waals surface area (Å²) in [4.78, 5) is 1.95. The molecular weight excluding hydrogens is 264 g/mol. The van der Waals surface area contributed by atoms with E-state index in [-0.39, 0.29) is 12.1 Å². The lowest BCUT2D eigenvalue weighted by Crippen LogP contribution is -2.44. The summed E-state index contributed by atoms with van der Waals surface area (Å²) in [7, 11) is 1.91. The van der Waals surface area contributed by atoms with Crippen molar-refractivity contribution in [3.05, 3.63) is 16.8 Å². The Kier molecular flexibility index (Phi) is 5.13. The summed E-state index contributed by atoms with van der Waals surface area (Å²) in [6, 6.07) is 2.32. The Morgan fingerprint density at radius 2 is 1.95 bits per heavy atom. The van der Waals surface area contributed by atoms with Gasteiger partial charge in [0, 0.05) is 7.05 Å². The predicted octanol–water partition coefficient (Wildman–Crippen LogP) is 2.21. The lowest BCUT2D eigenvalue weighted by Gasteiger charge is -2.36. The Hall–Kier alpha value is -1.67. The Balaban J connectivity index is 2.41. The van der Waals surface area contributed by atoms with E-state index in [0.29, 0.717) is 11.4 Å². The van der Waals surface area contributed by atoms with Crippen LogP contribution < -0.4 is 4.90 Å². The molecule has 2 rings (SSSR count). The van der Waals surface area contributed by atoms with Gasteiger partial charge in [-0.25, -0.2) is 0 Å². The van der Waals surface area contributed by atoms with Gasteiger partial charge in [-0.15, -0.1) is 5.10 Å². The van der Waals surface area contributed by atoms with Gasteiger partial charge in [0.05, 0.1) is 17.8 Å². The minimum atomic E-state index is -0.354. The van der Waals surface area contributed by atoms with Gasteiger partial charge in [0.2, 0.25) is 0 Å². The summed E-state index contributed by atoms with van der Waals surface area (Å²) >= 11 is 0. The summed E-state index contributed by atoms with van der Waals surface area (Å²) in [5, 5.41) is 28.3. The summed E-state index contributed by atoms with van der Waals surface area (Å²) in [6.07, 6.45) is 5.12. The third-order valence-corrected chi connectivity index (χ3v) is 4.46. The van der Waals surface area contributed by atoms with Crippen LogP contribution in [0.3, 0.4) is 0 Å². The van der Waals surface area contributed by atoms with Crippen LogP contribution >= 0.6 is 0 Å². The second-order valence-electron chi connectivity index (χ2n) is 5.67. The van der Waals surface area contributed by atoms with E-state index in [4.69, 9.17) is 0 Å². The van der Waals surface area contributed by atoms with E-state index in [1.165, 1.54) is 0 Å². The molecule has 0 amide bonds. The van der Waals surface area contributed by atoms with Crippen molar-refractivity contribution in [2.24, 2.45) is 0 Å². The molecule has 0 bridgehead atoms. The fourth-order valence-electron chi connectivity index (χ4n) is 3.23. The highest BCUT2D eigenvalue weighted by atomic mass is 16.3. The van der Waals surface area contributed by atoms with E-state index in [1.54, 1.807) is 0 Å². The molecule has 2 atom stereocenters. The number of anilines is 1. The van der Waals surface area contributed by atoms with Crippen molar-refractivity contribution in [2.45, 2.75) is 64.5 Å². The van der Waals surface area contributed by atoms with Crippen molar-refractivity contribution in [1.29, 1.82) is 5.26 Å². The number of aryl methyl sites for hydroxylation is 1. The van der Waals surface area contributed by atoms with Crippen LogP contribution in [0.15, 0.2) is 0 Å². The molecule has 1 aromatic rings. The van der Waals surface area contributed by atoms with Gasteiger partial charge in [-0.3, -0.25) is 0 Å². The molecule has 0 aliphatic heterocycles. The molecule has 0 aromatic carbocycles. The zero-order chi connectivity index (χ0) is 15.4. The molecule has 1 heterocycles. The largest absolute Gasteiger partial charge is 0.391 e. The highest BCUT2D eigenvalue weighted by molar-refractivity contribution is 5.58. The molecule has 0 saturated heterocycles. The fraction of sp³-hybridized carbons (Fsp3) is 0.688. The van der Waals surface area contributed by atoms with Gasteiger partial charge >= 0.3 is 0 Å². The van der Waals surface area contributed by atoms with Crippen molar-refractivity contribution in [1.82, 2.24) is 10.2 Å². The first kappa shape index (κ1) is 15.7. The lowest BCUT2D eigenvalue weighted by atomic mass is 9.91. The number of hydrogen-bond donors (Lipinski definition) is 1. The van der Waals surface area contributed by atoms with Crippen molar-refractivity contribution in [3.8, 4) is 6.07 Å².